The zero-order valence-corrected chi connectivity index (χ0v) is 18.2. The van der Waals surface area contributed by atoms with Gasteiger partial charge in [-0.2, -0.15) is 5.26 Å². The Morgan fingerprint density at radius 2 is 1.75 bits per heavy atom. The summed E-state index contributed by atoms with van der Waals surface area (Å²) < 4.78 is 3.51. The van der Waals surface area contributed by atoms with Gasteiger partial charge in [-0.1, -0.05) is 22.0 Å². The third kappa shape index (κ3) is 3.17. The molecule has 3 aromatic rings. The lowest BCUT2D eigenvalue weighted by Crippen LogP contribution is -2.20. The number of aliphatic hydroxyl groups excluding tert-OH is 1. The number of aliphatic hydroxyl groups is 1. The van der Waals surface area contributed by atoms with Crippen LogP contribution in [0.2, 0.25) is 0 Å². The summed E-state index contributed by atoms with van der Waals surface area (Å²) in [6.45, 7) is 6.30. The average molecular weight is 437 g/mol. The molecule has 0 atom stereocenters. The highest BCUT2D eigenvalue weighted by atomic mass is 79.9. The molecule has 1 N–H and O–H groups in total. The van der Waals surface area contributed by atoms with Crippen molar-refractivity contribution in [2.75, 3.05) is 0 Å². The van der Waals surface area contributed by atoms with Gasteiger partial charge in [0.05, 0.1) is 17.7 Å². The first-order valence-corrected chi connectivity index (χ1v) is 10.7. The van der Waals surface area contributed by atoms with E-state index in [4.69, 9.17) is 0 Å². The fraction of sp³-hybridized carbons (Fsp3) is 0.375. The Balaban J connectivity index is 1.96. The molecule has 0 aliphatic heterocycles. The normalized spacial score (nSPS) is 19.7. The third-order valence-corrected chi connectivity index (χ3v) is 7.23. The van der Waals surface area contributed by atoms with Gasteiger partial charge in [-0.3, -0.25) is 0 Å². The van der Waals surface area contributed by atoms with Crippen molar-refractivity contribution in [1.82, 2.24) is 4.57 Å². The third-order valence-electron chi connectivity index (χ3n) is 6.37. The van der Waals surface area contributed by atoms with E-state index in [0.717, 1.165) is 46.7 Å². The molecular weight excluding hydrogens is 412 g/mol. The molecule has 1 saturated carbocycles. The van der Waals surface area contributed by atoms with Gasteiger partial charge in [0.2, 0.25) is 0 Å². The SMILES string of the molecule is Cc1cc2c(cc1C#N)c(-c1ccc(Br)c(C)c1C)cn2C1CCC(O)CC1. The number of fused-ring (bicyclic) bond motifs is 1. The second-order valence-electron chi connectivity index (χ2n) is 8.05. The van der Waals surface area contributed by atoms with Crippen molar-refractivity contribution in [2.24, 2.45) is 0 Å². The van der Waals surface area contributed by atoms with Gasteiger partial charge in [-0.15, -0.1) is 0 Å². The topological polar surface area (TPSA) is 49.0 Å². The van der Waals surface area contributed by atoms with Crippen molar-refractivity contribution in [2.45, 2.75) is 58.6 Å². The molecule has 1 aliphatic carbocycles. The van der Waals surface area contributed by atoms with Crippen LogP contribution in [0, 0.1) is 32.1 Å². The summed E-state index contributed by atoms with van der Waals surface area (Å²) in [7, 11) is 0. The monoisotopic (exact) mass is 436 g/mol. The molecule has 0 amide bonds. The Morgan fingerprint density at radius 1 is 1.04 bits per heavy atom. The molecule has 4 rings (SSSR count). The number of hydrogen-bond donors (Lipinski definition) is 1. The first kappa shape index (κ1) is 19.2. The molecule has 1 heterocycles. The number of nitriles is 1. The predicted molar refractivity (Wildman–Crippen MR) is 118 cm³/mol. The van der Waals surface area contributed by atoms with E-state index in [9.17, 15) is 10.4 Å². The lowest BCUT2D eigenvalue weighted by Gasteiger charge is -2.27. The van der Waals surface area contributed by atoms with E-state index in [2.05, 4.69) is 64.8 Å². The quantitative estimate of drug-likeness (QED) is 0.508. The fourth-order valence-corrected chi connectivity index (χ4v) is 4.88. The van der Waals surface area contributed by atoms with E-state index >= 15 is 0 Å². The minimum atomic E-state index is -0.166. The fourth-order valence-electron chi connectivity index (χ4n) is 4.45. The Hall–Kier alpha value is -2.09. The van der Waals surface area contributed by atoms with Gasteiger partial charge in [-0.05, 0) is 86.9 Å². The van der Waals surface area contributed by atoms with Gasteiger partial charge in [0.25, 0.3) is 0 Å². The summed E-state index contributed by atoms with van der Waals surface area (Å²) in [5.74, 6) is 0. The van der Waals surface area contributed by atoms with Crippen molar-refractivity contribution in [3.63, 3.8) is 0 Å². The molecule has 4 heteroatoms. The molecule has 0 unspecified atom stereocenters. The van der Waals surface area contributed by atoms with Crippen LogP contribution in [0.25, 0.3) is 22.0 Å². The molecule has 28 heavy (non-hydrogen) atoms. The minimum Gasteiger partial charge on any atom is -0.393 e. The van der Waals surface area contributed by atoms with E-state index in [1.54, 1.807) is 0 Å². The second kappa shape index (κ2) is 7.39. The maximum Gasteiger partial charge on any atom is 0.0994 e. The highest BCUT2D eigenvalue weighted by Crippen LogP contribution is 2.40. The lowest BCUT2D eigenvalue weighted by molar-refractivity contribution is 0.111. The molecule has 2 aromatic carbocycles. The molecule has 1 aliphatic rings. The first-order chi connectivity index (χ1) is 13.4. The van der Waals surface area contributed by atoms with Crippen LogP contribution in [0.3, 0.4) is 0 Å². The maximum atomic E-state index is 9.93. The standard InChI is InChI=1S/C24H25BrN2O/c1-14-10-24-21(11-17(14)12-26)22(20-8-9-23(25)16(3)15(20)2)13-27(24)18-4-6-19(28)7-5-18/h8-11,13,18-19,28H,4-7H2,1-3H3. The van der Waals surface area contributed by atoms with Crippen LogP contribution in [0.5, 0.6) is 0 Å². The van der Waals surface area contributed by atoms with Crippen LogP contribution in [-0.2, 0) is 0 Å². The first-order valence-electron chi connectivity index (χ1n) is 9.90. The van der Waals surface area contributed by atoms with Crippen molar-refractivity contribution in [3.05, 3.63) is 57.2 Å². The maximum absolute atomic E-state index is 9.93. The smallest absolute Gasteiger partial charge is 0.0994 e. The van der Waals surface area contributed by atoms with E-state index in [0.29, 0.717) is 6.04 Å². The van der Waals surface area contributed by atoms with E-state index < -0.39 is 0 Å². The van der Waals surface area contributed by atoms with Gasteiger partial charge < -0.3 is 9.67 Å². The Bertz CT molecular complexity index is 1100. The summed E-state index contributed by atoms with van der Waals surface area (Å²) in [6.07, 6.45) is 5.78. The van der Waals surface area contributed by atoms with Crippen LogP contribution in [0.1, 0.15) is 54.0 Å². The van der Waals surface area contributed by atoms with Gasteiger partial charge in [0.15, 0.2) is 0 Å². The number of nitrogens with zero attached hydrogens (tertiary/aromatic N) is 2. The summed E-state index contributed by atoms with van der Waals surface area (Å²) in [5.41, 5.74) is 7.84. The number of aryl methyl sites for hydroxylation is 1. The Labute approximate surface area is 174 Å². The predicted octanol–water partition coefficient (Wildman–Crippen LogP) is 6.34. The van der Waals surface area contributed by atoms with E-state index in [1.165, 1.54) is 27.8 Å². The van der Waals surface area contributed by atoms with Crippen LogP contribution in [0.4, 0.5) is 0 Å². The zero-order chi connectivity index (χ0) is 20.0. The molecule has 144 valence electrons. The number of hydrogen-bond acceptors (Lipinski definition) is 2. The van der Waals surface area contributed by atoms with Crippen LogP contribution in [-0.4, -0.2) is 15.8 Å². The van der Waals surface area contributed by atoms with E-state index in [1.807, 2.05) is 13.0 Å². The number of rotatable bonds is 2. The molecule has 3 nitrogen and oxygen atoms in total. The molecule has 0 bridgehead atoms. The van der Waals surface area contributed by atoms with Crippen LogP contribution < -0.4 is 0 Å². The van der Waals surface area contributed by atoms with E-state index in [-0.39, 0.29) is 6.10 Å². The van der Waals surface area contributed by atoms with Gasteiger partial charge in [0.1, 0.15) is 0 Å². The van der Waals surface area contributed by atoms with Crippen molar-refractivity contribution >= 4 is 26.8 Å². The summed E-state index contributed by atoms with van der Waals surface area (Å²) in [6, 6.07) is 11.2. The highest BCUT2D eigenvalue weighted by molar-refractivity contribution is 9.10. The molecule has 1 fully saturated rings. The van der Waals surface area contributed by atoms with Crippen molar-refractivity contribution in [1.29, 1.82) is 5.26 Å². The van der Waals surface area contributed by atoms with Gasteiger partial charge >= 0.3 is 0 Å². The van der Waals surface area contributed by atoms with Crippen LogP contribution >= 0.6 is 15.9 Å². The highest BCUT2D eigenvalue weighted by Gasteiger charge is 2.24. The number of aromatic nitrogens is 1. The molecule has 0 saturated heterocycles. The largest absolute Gasteiger partial charge is 0.393 e. The lowest BCUT2D eigenvalue weighted by atomic mass is 9.93. The zero-order valence-electron chi connectivity index (χ0n) is 16.6. The summed E-state index contributed by atoms with van der Waals surface area (Å²) in [4.78, 5) is 0. The summed E-state index contributed by atoms with van der Waals surface area (Å²) in [5, 5.41) is 20.6. The molecule has 0 radical (unpaired) electrons. The molecular formula is C24H25BrN2O. The van der Waals surface area contributed by atoms with Crippen LogP contribution in [0.15, 0.2) is 34.9 Å². The Morgan fingerprint density at radius 3 is 2.43 bits per heavy atom. The second-order valence-corrected chi connectivity index (χ2v) is 8.91. The Kier molecular flexibility index (Phi) is 5.07. The van der Waals surface area contributed by atoms with Gasteiger partial charge in [0, 0.05) is 33.2 Å². The van der Waals surface area contributed by atoms with Crippen molar-refractivity contribution < 1.29 is 5.11 Å². The minimum absolute atomic E-state index is 0.166. The van der Waals surface area contributed by atoms with Gasteiger partial charge in [-0.25, -0.2) is 0 Å². The number of halogens is 1. The number of benzene rings is 2. The molecule has 1 aromatic heterocycles. The van der Waals surface area contributed by atoms with Crippen molar-refractivity contribution in [3.8, 4) is 17.2 Å². The average Bonchev–Trinajstić information content (AvgIpc) is 3.04. The summed E-state index contributed by atoms with van der Waals surface area (Å²) >= 11 is 3.64. The molecule has 0 spiro atoms.